The zero-order chi connectivity index (χ0) is 28.9. The van der Waals surface area contributed by atoms with Crippen LogP contribution in [0.2, 0.25) is 0 Å². The van der Waals surface area contributed by atoms with Crippen LogP contribution in [0.5, 0.6) is 5.75 Å². The van der Waals surface area contributed by atoms with Gasteiger partial charge in [-0.15, -0.1) is 4.72 Å². The average molecular weight is 567 g/mol. The number of hydrogen-bond donors (Lipinski definition) is 1. The van der Waals surface area contributed by atoms with Gasteiger partial charge in [0, 0.05) is 40.1 Å². The lowest BCUT2D eigenvalue weighted by atomic mass is 10.0. The molecule has 40 heavy (non-hydrogen) atoms. The molecule has 7 nitrogen and oxygen atoms in total. The van der Waals surface area contributed by atoms with Crippen LogP contribution in [0.3, 0.4) is 0 Å². The number of benzene rings is 2. The van der Waals surface area contributed by atoms with Crippen LogP contribution in [0.1, 0.15) is 57.0 Å². The van der Waals surface area contributed by atoms with Crippen LogP contribution >= 0.6 is 0 Å². The molecule has 0 aliphatic heterocycles. The van der Waals surface area contributed by atoms with Gasteiger partial charge in [-0.3, -0.25) is 9.78 Å². The topological polar surface area (TPSA) is 96.7 Å². The van der Waals surface area contributed by atoms with E-state index in [1.165, 1.54) is 6.07 Å². The first-order valence-electron chi connectivity index (χ1n) is 13.3. The number of esters is 1. The highest BCUT2D eigenvalue weighted by Gasteiger charge is 2.26. The van der Waals surface area contributed by atoms with E-state index in [1.54, 1.807) is 13.1 Å². The predicted octanol–water partition coefficient (Wildman–Crippen LogP) is 6.43. The van der Waals surface area contributed by atoms with E-state index >= 15 is 0 Å². The molecule has 0 saturated heterocycles. The van der Waals surface area contributed by atoms with Gasteiger partial charge >= 0.3 is 5.97 Å². The number of fused-ring (bicyclic) bond motifs is 1. The van der Waals surface area contributed by atoms with Gasteiger partial charge in [0.15, 0.2) is 0 Å². The molecule has 0 bridgehead atoms. The van der Waals surface area contributed by atoms with Crippen LogP contribution in [0, 0.1) is 6.01 Å². The third kappa shape index (κ3) is 7.41. The van der Waals surface area contributed by atoms with Gasteiger partial charge in [0.25, 0.3) is 6.01 Å². The summed E-state index contributed by atoms with van der Waals surface area (Å²) in [5.74, 6) is 0.292. The summed E-state index contributed by atoms with van der Waals surface area (Å²) in [7, 11) is 0. The minimum absolute atomic E-state index is 0.109. The molecular weight excluding hydrogens is 531 g/mol. The number of pyridine rings is 1. The third-order valence-electron chi connectivity index (χ3n) is 6.29. The molecular formula is C31H35FN2O5S. The Kier molecular flexibility index (Phi) is 9.50. The maximum absolute atomic E-state index is 14.2. The molecule has 0 radical (unpaired) electrons. The van der Waals surface area contributed by atoms with Crippen molar-refractivity contribution < 1.29 is 27.6 Å². The van der Waals surface area contributed by atoms with E-state index in [9.17, 15) is 13.7 Å². The van der Waals surface area contributed by atoms with Crippen molar-refractivity contribution in [3.8, 4) is 16.9 Å². The summed E-state index contributed by atoms with van der Waals surface area (Å²) in [6, 6.07) is 13.9. The molecule has 1 unspecified atom stereocenters. The van der Waals surface area contributed by atoms with Gasteiger partial charge in [-0.25, -0.2) is 0 Å². The van der Waals surface area contributed by atoms with Crippen molar-refractivity contribution in [2.75, 3.05) is 6.61 Å². The summed E-state index contributed by atoms with van der Waals surface area (Å²) < 4.78 is 46.0. The fourth-order valence-electron chi connectivity index (χ4n) is 4.21. The van der Waals surface area contributed by atoms with Crippen molar-refractivity contribution in [1.82, 2.24) is 9.71 Å². The number of rotatable bonds is 11. The average Bonchev–Trinajstić information content (AvgIpc) is 3.30. The monoisotopic (exact) mass is 566 g/mol. The Bertz CT molecular complexity index is 1480. The van der Waals surface area contributed by atoms with Crippen LogP contribution in [0.15, 0.2) is 59.1 Å². The first kappa shape index (κ1) is 29.6. The van der Waals surface area contributed by atoms with Crippen LogP contribution < -0.4 is 9.46 Å². The molecule has 212 valence electrons. The molecule has 2 heterocycles. The number of carbonyl (C=O) groups is 1. The van der Waals surface area contributed by atoms with Crippen molar-refractivity contribution in [3.05, 3.63) is 83.1 Å². The van der Waals surface area contributed by atoms with E-state index in [0.717, 1.165) is 28.7 Å². The Hall–Kier alpha value is -3.40. The molecule has 0 aliphatic rings. The van der Waals surface area contributed by atoms with Crippen LogP contribution in [-0.4, -0.2) is 26.9 Å². The first-order valence-corrected chi connectivity index (χ1v) is 14.4. The fourth-order valence-corrected chi connectivity index (χ4v) is 4.92. The Morgan fingerprint density at radius 2 is 1.90 bits per heavy atom. The van der Waals surface area contributed by atoms with Crippen molar-refractivity contribution in [3.63, 3.8) is 0 Å². The zero-order valence-electron chi connectivity index (χ0n) is 23.5. The quantitative estimate of drug-likeness (QED) is 0.165. The fraction of sp³-hybridized carbons (Fsp3) is 0.355. The van der Waals surface area contributed by atoms with E-state index in [0.29, 0.717) is 41.1 Å². The van der Waals surface area contributed by atoms with Gasteiger partial charge in [0.2, 0.25) is 0 Å². The Balaban J connectivity index is 1.62. The predicted molar refractivity (Wildman–Crippen MR) is 155 cm³/mol. The molecule has 1 atom stereocenters. The molecule has 2 aromatic heterocycles. The largest absolute Gasteiger partial charge is 0.598 e. The number of ether oxygens (including phenoxy) is 2. The number of nitrogens with zero attached hydrogens (tertiary/aromatic N) is 1. The lowest BCUT2D eigenvalue weighted by Crippen LogP contribution is -2.39. The highest BCUT2D eigenvalue weighted by atomic mass is 32.2. The van der Waals surface area contributed by atoms with E-state index in [1.807, 2.05) is 63.2 Å². The maximum Gasteiger partial charge on any atom is 0.310 e. The van der Waals surface area contributed by atoms with E-state index in [-0.39, 0.29) is 19.0 Å². The molecule has 9 heteroatoms. The summed E-state index contributed by atoms with van der Waals surface area (Å²) in [5.41, 5.74) is 5.21. The summed E-state index contributed by atoms with van der Waals surface area (Å²) in [4.78, 5) is 16.6. The Morgan fingerprint density at radius 3 is 2.62 bits per heavy atom. The summed E-state index contributed by atoms with van der Waals surface area (Å²) in [6.45, 7) is 10.3. The van der Waals surface area contributed by atoms with Gasteiger partial charge < -0.3 is 18.4 Å². The molecule has 0 saturated carbocycles. The molecule has 4 rings (SSSR count). The van der Waals surface area contributed by atoms with Gasteiger partial charge in [-0.1, -0.05) is 19.1 Å². The summed E-state index contributed by atoms with van der Waals surface area (Å²) in [5, 5.41) is 0.605. The molecule has 2 aromatic carbocycles. The van der Waals surface area contributed by atoms with Crippen LogP contribution in [0.4, 0.5) is 4.39 Å². The molecule has 0 fully saturated rings. The standard InChI is InChI=1S/C31H35FN2O5S/c1-6-20-8-9-23(17-29(35)37-7-2)27(14-20)38-19-21-12-24-16-28(32)39-30(24)26(13-21)22-10-11-33-25(15-22)18-34-40(36)31(3,4)5/h8-16,34H,6-7,17-19H2,1-5H3. The molecule has 0 aliphatic carbocycles. The van der Waals surface area contributed by atoms with Crippen molar-refractivity contribution >= 4 is 28.3 Å². The second-order valence-electron chi connectivity index (χ2n) is 10.4. The number of nitrogens with one attached hydrogen (secondary N) is 1. The Morgan fingerprint density at radius 1 is 1.10 bits per heavy atom. The minimum Gasteiger partial charge on any atom is -0.598 e. The second kappa shape index (κ2) is 12.8. The lowest BCUT2D eigenvalue weighted by Gasteiger charge is -2.23. The normalized spacial score (nSPS) is 12.5. The molecule has 1 N–H and O–H groups in total. The van der Waals surface area contributed by atoms with E-state index < -0.39 is 22.1 Å². The SMILES string of the molecule is CCOC(=O)Cc1ccc(CC)cc1OCc1cc(-c2ccnc(CN[S+]([O-])C(C)(C)C)c2)c2oc(F)cc2c1. The van der Waals surface area contributed by atoms with Gasteiger partial charge in [-0.05, 0) is 81.1 Å². The maximum atomic E-state index is 14.2. The van der Waals surface area contributed by atoms with Gasteiger partial charge in [-0.2, -0.15) is 4.39 Å². The van der Waals surface area contributed by atoms with Gasteiger partial charge in [0.05, 0.1) is 25.3 Å². The van der Waals surface area contributed by atoms with Crippen molar-refractivity contribution in [1.29, 1.82) is 0 Å². The number of aromatic nitrogens is 1. The number of halogens is 1. The van der Waals surface area contributed by atoms with E-state index in [4.69, 9.17) is 13.9 Å². The van der Waals surface area contributed by atoms with Crippen molar-refractivity contribution in [2.45, 2.75) is 65.4 Å². The highest BCUT2D eigenvalue weighted by molar-refractivity contribution is 7.90. The molecule has 0 amide bonds. The third-order valence-corrected chi connectivity index (χ3v) is 7.81. The van der Waals surface area contributed by atoms with Crippen molar-refractivity contribution in [2.24, 2.45) is 0 Å². The summed E-state index contributed by atoms with van der Waals surface area (Å²) in [6.07, 6.45) is 2.60. The number of furan rings is 1. The number of carbonyl (C=O) groups excluding carboxylic acids is 1. The molecule has 4 aromatic rings. The summed E-state index contributed by atoms with van der Waals surface area (Å²) >= 11 is -1.25. The minimum atomic E-state index is -1.25. The first-order chi connectivity index (χ1) is 19.1. The second-order valence-corrected chi connectivity index (χ2v) is 12.5. The zero-order valence-corrected chi connectivity index (χ0v) is 24.3. The number of hydrogen-bond acceptors (Lipinski definition) is 7. The van der Waals surface area contributed by atoms with Crippen LogP contribution in [-0.2, 0) is 46.9 Å². The highest BCUT2D eigenvalue weighted by Crippen LogP contribution is 2.33. The Labute approximate surface area is 237 Å². The number of aryl methyl sites for hydroxylation is 1. The van der Waals surface area contributed by atoms with Crippen LogP contribution in [0.25, 0.3) is 22.1 Å². The van der Waals surface area contributed by atoms with E-state index in [2.05, 4.69) is 16.6 Å². The molecule has 0 spiro atoms. The lowest BCUT2D eigenvalue weighted by molar-refractivity contribution is -0.142. The van der Waals surface area contributed by atoms with Gasteiger partial charge in [0.1, 0.15) is 22.7 Å². The smallest absolute Gasteiger partial charge is 0.310 e.